The van der Waals surface area contributed by atoms with Gasteiger partial charge in [0.05, 0.1) is 12.7 Å². The van der Waals surface area contributed by atoms with E-state index < -0.39 is 0 Å². The third kappa shape index (κ3) is 4.59. The van der Waals surface area contributed by atoms with Crippen LogP contribution in [-0.2, 0) is 4.74 Å². The summed E-state index contributed by atoms with van der Waals surface area (Å²) < 4.78 is 4.75. The predicted molar refractivity (Wildman–Crippen MR) is 133 cm³/mol. The molecule has 1 heterocycles. The summed E-state index contributed by atoms with van der Waals surface area (Å²) in [5.74, 6) is 0.245. The average Bonchev–Trinajstić information content (AvgIpc) is 2.89. The highest BCUT2D eigenvalue weighted by Crippen LogP contribution is 2.31. The van der Waals surface area contributed by atoms with E-state index in [0.717, 1.165) is 27.7 Å². The molecule has 0 spiro atoms. The van der Waals surface area contributed by atoms with Crippen LogP contribution in [0.15, 0.2) is 72.8 Å². The molecule has 7 heteroatoms. The lowest BCUT2D eigenvalue weighted by Gasteiger charge is -2.18. The zero-order chi connectivity index (χ0) is 24.1. The highest BCUT2D eigenvalue weighted by Gasteiger charge is 2.15. The Morgan fingerprint density at radius 3 is 2.06 bits per heavy atom. The van der Waals surface area contributed by atoms with Crippen molar-refractivity contribution in [2.45, 2.75) is 13.8 Å². The number of carbonyl (C=O) groups excluding carboxylic acids is 2. The Morgan fingerprint density at radius 2 is 1.44 bits per heavy atom. The molecule has 0 radical (unpaired) electrons. The summed E-state index contributed by atoms with van der Waals surface area (Å²) in [6, 6.07) is 22.4. The molecule has 4 rings (SSSR count). The van der Waals surface area contributed by atoms with Crippen LogP contribution in [0.1, 0.15) is 34.6 Å². The van der Waals surface area contributed by atoms with Crippen molar-refractivity contribution in [3.63, 3.8) is 0 Å². The van der Waals surface area contributed by atoms with E-state index in [4.69, 9.17) is 4.74 Å². The van der Waals surface area contributed by atoms with Crippen LogP contribution in [0.2, 0.25) is 0 Å². The van der Waals surface area contributed by atoms with Gasteiger partial charge in [0.15, 0.2) is 5.82 Å². The Balaban J connectivity index is 1.65. The molecule has 0 unspecified atom stereocenters. The second kappa shape index (κ2) is 10.1. The maximum absolute atomic E-state index is 12.6. The quantitative estimate of drug-likeness (QED) is 0.381. The number of nitrogens with zero attached hydrogens (tertiary/aromatic N) is 3. The van der Waals surface area contributed by atoms with E-state index in [1.807, 2.05) is 62.4 Å². The SMILES string of the molecule is CCN(CC)C(=O)c1ccc(-c2nnc(Nc3ccc(C(=O)OC)cc3)c3ccccc23)cc1. The monoisotopic (exact) mass is 454 g/mol. The number of benzene rings is 3. The van der Waals surface area contributed by atoms with E-state index in [1.54, 1.807) is 29.2 Å². The summed E-state index contributed by atoms with van der Waals surface area (Å²) >= 11 is 0. The third-order valence-electron chi connectivity index (χ3n) is 5.71. The highest BCUT2D eigenvalue weighted by atomic mass is 16.5. The van der Waals surface area contributed by atoms with Gasteiger partial charge in [0.1, 0.15) is 5.69 Å². The van der Waals surface area contributed by atoms with Crippen molar-refractivity contribution >= 4 is 34.2 Å². The molecule has 0 aliphatic rings. The number of esters is 1. The average molecular weight is 455 g/mol. The van der Waals surface area contributed by atoms with Crippen LogP contribution < -0.4 is 5.32 Å². The smallest absolute Gasteiger partial charge is 0.337 e. The largest absolute Gasteiger partial charge is 0.465 e. The summed E-state index contributed by atoms with van der Waals surface area (Å²) in [7, 11) is 1.36. The van der Waals surface area contributed by atoms with Gasteiger partial charge >= 0.3 is 5.97 Å². The lowest BCUT2D eigenvalue weighted by Crippen LogP contribution is -2.30. The van der Waals surface area contributed by atoms with Gasteiger partial charge in [-0.05, 0) is 50.2 Å². The molecule has 0 aliphatic carbocycles. The molecule has 0 saturated heterocycles. The van der Waals surface area contributed by atoms with E-state index in [1.165, 1.54) is 7.11 Å². The lowest BCUT2D eigenvalue weighted by atomic mass is 10.0. The standard InChI is InChI=1S/C27H26N4O3/c1-4-31(5-2)26(32)19-12-10-18(11-13-19)24-22-8-6-7-9-23(22)25(30-29-24)28-21-16-14-20(15-17-21)27(33)34-3/h6-17H,4-5H2,1-3H3,(H,28,30). The molecule has 0 atom stereocenters. The fourth-order valence-electron chi connectivity index (χ4n) is 3.82. The first kappa shape index (κ1) is 22.9. The van der Waals surface area contributed by atoms with Crippen molar-refractivity contribution in [1.29, 1.82) is 0 Å². The first-order valence-electron chi connectivity index (χ1n) is 11.2. The Labute approximate surface area is 198 Å². The van der Waals surface area contributed by atoms with E-state index in [9.17, 15) is 9.59 Å². The first-order chi connectivity index (χ1) is 16.5. The van der Waals surface area contributed by atoms with Crippen molar-refractivity contribution in [2.24, 2.45) is 0 Å². The summed E-state index contributed by atoms with van der Waals surface area (Å²) in [5, 5.41) is 14.1. The Bertz CT molecular complexity index is 1310. The van der Waals surface area contributed by atoms with Gasteiger partial charge < -0.3 is 15.0 Å². The van der Waals surface area contributed by atoms with Crippen LogP contribution in [0, 0.1) is 0 Å². The van der Waals surface area contributed by atoms with Gasteiger partial charge in [-0.3, -0.25) is 4.79 Å². The minimum Gasteiger partial charge on any atom is -0.465 e. The minimum atomic E-state index is -0.383. The van der Waals surface area contributed by atoms with Gasteiger partial charge in [-0.25, -0.2) is 4.79 Å². The molecule has 1 N–H and O–H groups in total. The molecule has 7 nitrogen and oxygen atoms in total. The number of amides is 1. The second-order valence-electron chi connectivity index (χ2n) is 7.69. The summed E-state index contributed by atoms with van der Waals surface area (Å²) in [4.78, 5) is 26.1. The van der Waals surface area contributed by atoms with Crippen molar-refractivity contribution < 1.29 is 14.3 Å². The van der Waals surface area contributed by atoms with Gasteiger partial charge in [0, 0.05) is 40.7 Å². The van der Waals surface area contributed by atoms with Crippen molar-refractivity contribution in [1.82, 2.24) is 15.1 Å². The van der Waals surface area contributed by atoms with Crippen LogP contribution in [-0.4, -0.2) is 47.2 Å². The van der Waals surface area contributed by atoms with Crippen LogP contribution in [0.5, 0.6) is 0 Å². The number of aromatic nitrogens is 2. The summed E-state index contributed by atoms with van der Waals surface area (Å²) in [5.41, 5.74) is 3.53. The second-order valence-corrected chi connectivity index (χ2v) is 7.69. The van der Waals surface area contributed by atoms with Crippen LogP contribution in [0.3, 0.4) is 0 Å². The van der Waals surface area contributed by atoms with Gasteiger partial charge in [0.2, 0.25) is 0 Å². The molecule has 0 fully saturated rings. The van der Waals surface area contributed by atoms with Gasteiger partial charge in [-0.15, -0.1) is 10.2 Å². The lowest BCUT2D eigenvalue weighted by molar-refractivity contribution is 0.0600. The molecule has 0 bridgehead atoms. The molecule has 0 saturated carbocycles. The number of carbonyl (C=O) groups is 2. The Hall–Kier alpha value is -4.26. The van der Waals surface area contributed by atoms with E-state index in [-0.39, 0.29) is 11.9 Å². The van der Waals surface area contributed by atoms with E-state index in [2.05, 4.69) is 15.5 Å². The molecule has 1 aromatic heterocycles. The van der Waals surface area contributed by atoms with Crippen molar-refractivity contribution in [3.05, 3.63) is 83.9 Å². The predicted octanol–water partition coefficient (Wildman–Crippen LogP) is 5.31. The van der Waals surface area contributed by atoms with Crippen LogP contribution in [0.4, 0.5) is 11.5 Å². The third-order valence-corrected chi connectivity index (χ3v) is 5.71. The molecule has 34 heavy (non-hydrogen) atoms. The number of hydrogen-bond donors (Lipinski definition) is 1. The van der Waals surface area contributed by atoms with E-state index >= 15 is 0 Å². The Morgan fingerprint density at radius 1 is 0.824 bits per heavy atom. The van der Waals surface area contributed by atoms with Crippen LogP contribution in [0.25, 0.3) is 22.0 Å². The van der Waals surface area contributed by atoms with Gasteiger partial charge in [-0.2, -0.15) is 0 Å². The number of anilines is 2. The van der Waals surface area contributed by atoms with Crippen molar-refractivity contribution in [3.8, 4) is 11.3 Å². The fraction of sp³-hybridized carbons (Fsp3) is 0.185. The van der Waals surface area contributed by atoms with Crippen LogP contribution >= 0.6 is 0 Å². The first-order valence-corrected chi connectivity index (χ1v) is 11.2. The number of hydrogen-bond acceptors (Lipinski definition) is 6. The molecule has 4 aromatic rings. The maximum Gasteiger partial charge on any atom is 0.337 e. The Kier molecular flexibility index (Phi) is 6.82. The normalized spacial score (nSPS) is 10.7. The molecule has 3 aromatic carbocycles. The number of fused-ring (bicyclic) bond motifs is 1. The topological polar surface area (TPSA) is 84.4 Å². The number of ether oxygens (including phenoxy) is 1. The zero-order valence-corrected chi connectivity index (χ0v) is 19.4. The highest BCUT2D eigenvalue weighted by molar-refractivity contribution is 6.01. The van der Waals surface area contributed by atoms with Crippen molar-refractivity contribution in [2.75, 3.05) is 25.5 Å². The minimum absolute atomic E-state index is 0.0188. The van der Waals surface area contributed by atoms with Gasteiger partial charge in [0.25, 0.3) is 5.91 Å². The molecule has 1 amide bonds. The maximum atomic E-state index is 12.6. The zero-order valence-electron chi connectivity index (χ0n) is 19.4. The molecular weight excluding hydrogens is 428 g/mol. The number of rotatable bonds is 7. The molecule has 172 valence electrons. The molecular formula is C27H26N4O3. The molecule has 0 aliphatic heterocycles. The number of methoxy groups -OCH3 is 1. The summed E-state index contributed by atoms with van der Waals surface area (Å²) in [6.07, 6.45) is 0. The summed E-state index contributed by atoms with van der Waals surface area (Å²) in [6.45, 7) is 5.29. The fourth-order valence-corrected chi connectivity index (χ4v) is 3.82. The van der Waals surface area contributed by atoms with E-state index in [0.29, 0.717) is 30.0 Å². The van der Waals surface area contributed by atoms with Gasteiger partial charge in [-0.1, -0.05) is 36.4 Å². The number of nitrogens with one attached hydrogen (secondary N) is 1.